The zero-order valence-corrected chi connectivity index (χ0v) is 8.33. The fraction of sp³-hybridized carbons (Fsp3) is 0.250. The Bertz CT molecular complexity index is 417. The lowest BCUT2D eigenvalue weighted by atomic mass is 10.0. The minimum Gasteiger partial charge on any atom is -0.496 e. The molecule has 0 N–H and O–H groups in total. The Morgan fingerprint density at radius 1 is 1.43 bits per heavy atom. The van der Waals surface area contributed by atoms with E-state index in [1.54, 1.807) is 7.11 Å². The molecule has 0 atom stereocenters. The molecule has 14 heavy (non-hydrogen) atoms. The van der Waals surface area contributed by atoms with E-state index in [1.165, 1.54) is 16.7 Å². The van der Waals surface area contributed by atoms with Crippen LogP contribution in [0.25, 0.3) is 5.57 Å². The molecule has 0 heterocycles. The smallest absolute Gasteiger partial charge is 0.153 e. The summed E-state index contributed by atoms with van der Waals surface area (Å²) in [5.41, 5.74) is 4.28. The van der Waals surface area contributed by atoms with Crippen LogP contribution in [0.15, 0.2) is 18.2 Å². The molecule has 1 aromatic rings. The zero-order chi connectivity index (χ0) is 10.1. The molecule has 0 amide bonds. The number of aldehydes is 1. The quantitative estimate of drug-likeness (QED) is 0.666. The summed E-state index contributed by atoms with van der Waals surface area (Å²) in [7, 11) is 1.59. The molecule has 0 unspecified atom stereocenters. The molecule has 1 aliphatic rings. The highest BCUT2D eigenvalue weighted by Gasteiger charge is 2.14. The predicted octanol–water partition coefficient (Wildman–Crippen LogP) is 2.47. The molecule has 0 saturated carbocycles. The Balaban J connectivity index is 2.59. The van der Waals surface area contributed by atoms with Crippen LogP contribution in [0.4, 0.5) is 0 Å². The van der Waals surface area contributed by atoms with Crippen molar-refractivity contribution in [2.24, 2.45) is 0 Å². The van der Waals surface area contributed by atoms with E-state index in [2.05, 4.69) is 13.0 Å². The van der Waals surface area contributed by atoms with Crippen LogP contribution in [0.2, 0.25) is 0 Å². The van der Waals surface area contributed by atoms with Gasteiger partial charge in [-0.2, -0.15) is 0 Å². The van der Waals surface area contributed by atoms with E-state index in [9.17, 15) is 4.79 Å². The molecule has 0 fully saturated rings. The van der Waals surface area contributed by atoms with Crippen molar-refractivity contribution in [2.45, 2.75) is 13.3 Å². The first kappa shape index (κ1) is 9.00. The number of methoxy groups -OCH3 is 1. The van der Waals surface area contributed by atoms with Gasteiger partial charge < -0.3 is 4.74 Å². The molecule has 0 radical (unpaired) electrons. The molecule has 0 aromatic heterocycles. The highest BCUT2D eigenvalue weighted by Crippen LogP contribution is 2.32. The van der Waals surface area contributed by atoms with E-state index >= 15 is 0 Å². The maximum Gasteiger partial charge on any atom is 0.153 e. The number of carbonyl (C=O) groups excluding carboxylic acids is 1. The van der Waals surface area contributed by atoms with Gasteiger partial charge in [0.05, 0.1) is 12.7 Å². The number of hydrogen-bond donors (Lipinski definition) is 0. The number of benzene rings is 1. The Hall–Kier alpha value is -1.57. The van der Waals surface area contributed by atoms with Gasteiger partial charge in [0.2, 0.25) is 0 Å². The first-order valence-corrected chi connectivity index (χ1v) is 4.59. The van der Waals surface area contributed by atoms with Gasteiger partial charge in [-0.1, -0.05) is 6.08 Å². The van der Waals surface area contributed by atoms with Gasteiger partial charge in [-0.25, -0.2) is 0 Å². The third kappa shape index (κ3) is 1.23. The fourth-order valence-electron chi connectivity index (χ4n) is 1.82. The van der Waals surface area contributed by atoms with E-state index in [1.807, 2.05) is 12.1 Å². The van der Waals surface area contributed by atoms with E-state index in [0.717, 1.165) is 12.7 Å². The maximum absolute atomic E-state index is 10.8. The molecular weight excluding hydrogens is 176 g/mol. The van der Waals surface area contributed by atoms with Crippen molar-refractivity contribution in [2.75, 3.05) is 7.11 Å². The first-order chi connectivity index (χ1) is 6.76. The molecule has 72 valence electrons. The molecule has 1 aromatic carbocycles. The summed E-state index contributed by atoms with van der Waals surface area (Å²) in [4.78, 5) is 10.8. The molecule has 2 nitrogen and oxygen atoms in total. The van der Waals surface area contributed by atoms with Crippen molar-refractivity contribution in [1.82, 2.24) is 0 Å². The van der Waals surface area contributed by atoms with Crippen LogP contribution in [-0.4, -0.2) is 13.4 Å². The topological polar surface area (TPSA) is 26.3 Å². The van der Waals surface area contributed by atoms with E-state index < -0.39 is 0 Å². The predicted molar refractivity (Wildman–Crippen MR) is 55.7 cm³/mol. The SMILES string of the molecule is COc1cc2c(cc1C=O)C(C)=CC2. The normalized spacial score (nSPS) is 13.4. The van der Waals surface area contributed by atoms with Crippen molar-refractivity contribution < 1.29 is 9.53 Å². The summed E-state index contributed by atoms with van der Waals surface area (Å²) >= 11 is 0. The Kier molecular flexibility index (Phi) is 2.12. The average molecular weight is 188 g/mol. The van der Waals surface area contributed by atoms with Gasteiger partial charge in [0.15, 0.2) is 6.29 Å². The van der Waals surface area contributed by atoms with E-state index in [4.69, 9.17) is 4.74 Å². The molecule has 0 bridgehead atoms. The maximum atomic E-state index is 10.8. The lowest BCUT2D eigenvalue weighted by Gasteiger charge is -2.08. The number of hydrogen-bond acceptors (Lipinski definition) is 2. The van der Waals surface area contributed by atoms with Gasteiger partial charge in [-0.3, -0.25) is 4.79 Å². The second-order valence-corrected chi connectivity index (χ2v) is 3.46. The molecule has 0 saturated heterocycles. The van der Waals surface area contributed by atoms with Crippen LogP contribution in [0, 0.1) is 0 Å². The monoisotopic (exact) mass is 188 g/mol. The standard InChI is InChI=1S/C12H12O2/c1-8-3-4-9-6-12(14-2)10(7-13)5-11(8)9/h3,5-7H,4H2,1-2H3. The molecule has 1 aliphatic carbocycles. The molecule has 0 aliphatic heterocycles. The van der Waals surface area contributed by atoms with Crippen LogP contribution in [-0.2, 0) is 6.42 Å². The summed E-state index contributed by atoms with van der Waals surface area (Å²) < 4.78 is 5.14. The van der Waals surface area contributed by atoms with Crippen molar-refractivity contribution in [3.05, 3.63) is 34.9 Å². The van der Waals surface area contributed by atoms with Crippen LogP contribution >= 0.6 is 0 Å². The second-order valence-electron chi connectivity index (χ2n) is 3.46. The average Bonchev–Trinajstić information content (AvgIpc) is 2.58. The Morgan fingerprint density at radius 2 is 2.21 bits per heavy atom. The number of allylic oxidation sites excluding steroid dienone is 2. The summed E-state index contributed by atoms with van der Waals surface area (Å²) in [5.74, 6) is 0.668. The molecule has 2 heteroatoms. The summed E-state index contributed by atoms with van der Waals surface area (Å²) in [6.07, 6.45) is 3.94. The van der Waals surface area contributed by atoms with Crippen LogP contribution in [0.3, 0.4) is 0 Å². The number of carbonyl (C=O) groups is 1. The van der Waals surface area contributed by atoms with Crippen molar-refractivity contribution in [3.63, 3.8) is 0 Å². The van der Waals surface area contributed by atoms with Crippen molar-refractivity contribution >= 4 is 11.9 Å². The Labute approximate surface area is 83.2 Å². The number of rotatable bonds is 2. The van der Waals surface area contributed by atoms with E-state index in [0.29, 0.717) is 11.3 Å². The van der Waals surface area contributed by atoms with Gasteiger partial charge in [-0.15, -0.1) is 0 Å². The minimum atomic E-state index is 0.626. The van der Waals surface area contributed by atoms with Crippen LogP contribution in [0.1, 0.15) is 28.4 Å². The highest BCUT2D eigenvalue weighted by atomic mass is 16.5. The van der Waals surface area contributed by atoms with Gasteiger partial charge in [0.25, 0.3) is 0 Å². The lowest BCUT2D eigenvalue weighted by molar-refractivity contribution is 0.112. The minimum absolute atomic E-state index is 0.626. The van der Waals surface area contributed by atoms with Gasteiger partial charge in [-0.05, 0) is 42.2 Å². The second kappa shape index (κ2) is 3.29. The van der Waals surface area contributed by atoms with Gasteiger partial charge in [0.1, 0.15) is 5.75 Å². The van der Waals surface area contributed by atoms with Crippen molar-refractivity contribution in [3.8, 4) is 5.75 Å². The molecule has 0 spiro atoms. The fourth-order valence-corrected chi connectivity index (χ4v) is 1.82. The van der Waals surface area contributed by atoms with E-state index in [-0.39, 0.29) is 0 Å². The third-order valence-corrected chi connectivity index (χ3v) is 2.64. The van der Waals surface area contributed by atoms with Gasteiger partial charge >= 0.3 is 0 Å². The summed E-state index contributed by atoms with van der Waals surface area (Å²) in [6.45, 7) is 2.06. The molecule has 2 rings (SSSR count). The molecular formula is C12H12O2. The van der Waals surface area contributed by atoms with Gasteiger partial charge in [0, 0.05) is 0 Å². The highest BCUT2D eigenvalue weighted by molar-refractivity contribution is 5.84. The Morgan fingerprint density at radius 3 is 2.86 bits per heavy atom. The summed E-state index contributed by atoms with van der Waals surface area (Å²) in [6, 6.07) is 3.85. The van der Waals surface area contributed by atoms with Crippen LogP contribution < -0.4 is 4.74 Å². The number of fused-ring (bicyclic) bond motifs is 1. The zero-order valence-electron chi connectivity index (χ0n) is 8.33. The third-order valence-electron chi connectivity index (χ3n) is 2.64. The van der Waals surface area contributed by atoms with Crippen LogP contribution in [0.5, 0.6) is 5.75 Å². The lowest BCUT2D eigenvalue weighted by Crippen LogP contribution is -1.94. The summed E-state index contributed by atoms with van der Waals surface area (Å²) in [5, 5.41) is 0. The largest absolute Gasteiger partial charge is 0.496 e. The van der Waals surface area contributed by atoms with Crippen molar-refractivity contribution in [1.29, 1.82) is 0 Å². The number of ether oxygens (including phenoxy) is 1. The first-order valence-electron chi connectivity index (χ1n) is 4.59.